The maximum atomic E-state index is 5.97. The van der Waals surface area contributed by atoms with E-state index in [9.17, 15) is 0 Å². The zero-order valence-corrected chi connectivity index (χ0v) is 15.7. The number of rotatable bonds is 8. The number of likely N-dealkylation sites (N-methyl/N-ethyl adjacent to an activating group) is 1. The smallest absolute Gasteiger partial charge is 0.241 e. The normalized spacial score (nSPS) is 11.1. The molecule has 0 aliphatic heterocycles. The first-order chi connectivity index (χ1) is 12.8. The Morgan fingerprint density at radius 3 is 2.23 bits per heavy atom. The van der Waals surface area contributed by atoms with E-state index in [1.165, 1.54) is 4.90 Å². The van der Waals surface area contributed by atoms with E-state index in [2.05, 4.69) is 30.1 Å². The van der Waals surface area contributed by atoms with E-state index in [1.807, 2.05) is 42.5 Å². The van der Waals surface area contributed by atoms with Crippen molar-refractivity contribution in [3.8, 4) is 22.9 Å². The number of aromatic nitrogens is 2. The van der Waals surface area contributed by atoms with Crippen molar-refractivity contribution < 1.29 is 14.4 Å². The summed E-state index contributed by atoms with van der Waals surface area (Å²) in [6.45, 7) is 8.18. The number of hydrogen-bond donors (Lipinski definition) is 1. The summed E-state index contributed by atoms with van der Waals surface area (Å²) in [5.41, 5.74) is 1.86. The molecule has 0 unspecified atom stereocenters. The van der Waals surface area contributed by atoms with Crippen LogP contribution in [0.1, 0.15) is 13.8 Å². The van der Waals surface area contributed by atoms with E-state index in [0.717, 1.165) is 47.4 Å². The van der Waals surface area contributed by atoms with Crippen molar-refractivity contribution in [1.82, 2.24) is 10.2 Å². The van der Waals surface area contributed by atoms with Gasteiger partial charge in [-0.2, -0.15) is 0 Å². The Bertz CT molecular complexity index is 846. The molecule has 26 heavy (non-hydrogen) atoms. The van der Waals surface area contributed by atoms with E-state index in [-0.39, 0.29) is 0 Å². The SMILES string of the molecule is CC[NH+](CC)CCOc1nnc(-c2ccc(OC)cc2)c2ccccc12. The summed E-state index contributed by atoms with van der Waals surface area (Å²) in [5, 5.41) is 10.8. The van der Waals surface area contributed by atoms with Crippen LogP contribution in [0.5, 0.6) is 11.6 Å². The highest BCUT2D eigenvalue weighted by atomic mass is 16.5. The minimum Gasteiger partial charge on any atom is -0.497 e. The second kappa shape index (κ2) is 8.63. The molecule has 0 fully saturated rings. The third-order valence-corrected chi connectivity index (χ3v) is 4.71. The third-order valence-electron chi connectivity index (χ3n) is 4.71. The Kier molecular flexibility index (Phi) is 6.02. The number of nitrogens with one attached hydrogen (secondary N) is 1. The van der Waals surface area contributed by atoms with Crippen molar-refractivity contribution in [2.24, 2.45) is 0 Å². The zero-order chi connectivity index (χ0) is 18.4. The van der Waals surface area contributed by atoms with Gasteiger partial charge < -0.3 is 14.4 Å². The first-order valence-corrected chi connectivity index (χ1v) is 9.13. The molecule has 5 nitrogen and oxygen atoms in total. The van der Waals surface area contributed by atoms with Crippen molar-refractivity contribution in [3.05, 3.63) is 48.5 Å². The molecular formula is C21H26N3O2+. The molecule has 136 valence electrons. The summed E-state index contributed by atoms with van der Waals surface area (Å²) in [6.07, 6.45) is 0. The van der Waals surface area contributed by atoms with Crippen molar-refractivity contribution >= 4 is 10.8 Å². The molecule has 0 saturated carbocycles. The van der Waals surface area contributed by atoms with Crippen molar-refractivity contribution in [2.45, 2.75) is 13.8 Å². The van der Waals surface area contributed by atoms with Gasteiger partial charge in [-0.25, -0.2) is 0 Å². The average Bonchev–Trinajstić information content (AvgIpc) is 2.71. The summed E-state index contributed by atoms with van der Waals surface area (Å²) >= 11 is 0. The minimum atomic E-state index is 0.601. The van der Waals surface area contributed by atoms with Crippen LogP contribution in [0.2, 0.25) is 0 Å². The molecule has 0 atom stereocenters. The van der Waals surface area contributed by atoms with Crippen molar-refractivity contribution in [1.29, 1.82) is 0 Å². The van der Waals surface area contributed by atoms with Crippen LogP contribution in [-0.4, -0.2) is 43.5 Å². The lowest BCUT2D eigenvalue weighted by Crippen LogP contribution is -3.12. The van der Waals surface area contributed by atoms with Gasteiger partial charge in [-0.05, 0) is 44.2 Å². The fourth-order valence-corrected chi connectivity index (χ4v) is 3.04. The van der Waals surface area contributed by atoms with E-state index < -0.39 is 0 Å². The summed E-state index contributed by atoms with van der Waals surface area (Å²) < 4.78 is 11.2. The van der Waals surface area contributed by atoms with Crippen LogP contribution in [0.15, 0.2) is 48.5 Å². The number of nitrogens with zero attached hydrogens (tertiary/aromatic N) is 2. The van der Waals surface area contributed by atoms with Gasteiger partial charge in [0.25, 0.3) is 0 Å². The molecule has 0 amide bonds. The van der Waals surface area contributed by atoms with E-state index >= 15 is 0 Å². The van der Waals surface area contributed by atoms with Gasteiger partial charge in [-0.3, -0.25) is 0 Å². The Balaban J connectivity index is 1.88. The highest BCUT2D eigenvalue weighted by Crippen LogP contribution is 2.31. The average molecular weight is 352 g/mol. The van der Waals surface area contributed by atoms with Crippen LogP contribution < -0.4 is 14.4 Å². The van der Waals surface area contributed by atoms with Gasteiger partial charge in [0.2, 0.25) is 5.88 Å². The van der Waals surface area contributed by atoms with Crippen LogP contribution in [0, 0.1) is 0 Å². The molecule has 0 saturated heterocycles. The lowest BCUT2D eigenvalue weighted by molar-refractivity contribution is -0.896. The van der Waals surface area contributed by atoms with Gasteiger partial charge in [0.1, 0.15) is 24.6 Å². The van der Waals surface area contributed by atoms with Crippen LogP contribution in [0.25, 0.3) is 22.0 Å². The van der Waals surface area contributed by atoms with E-state index in [4.69, 9.17) is 9.47 Å². The topological polar surface area (TPSA) is 48.7 Å². The lowest BCUT2D eigenvalue weighted by atomic mass is 10.0. The molecular weight excluding hydrogens is 326 g/mol. The molecule has 1 aromatic heterocycles. The monoisotopic (exact) mass is 352 g/mol. The van der Waals surface area contributed by atoms with Gasteiger partial charge in [-0.15, -0.1) is 10.2 Å². The molecule has 0 aliphatic rings. The molecule has 0 aliphatic carbocycles. The molecule has 1 N–H and O–H groups in total. The number of benzene rings is 2. The third kappa shape index (κ3) is 3.94. The Morgan fingerprint density at radius 2 is 1.58 bits per heavy atom. The van der Waals surface area contributed by atoms with E-state index in [1.54, 1.807) is 7.11 Å². The molecule has 2 aromatic carbocycles. The quantitative estimate of drug-likeness (QED) is 0.677. The predicted octanol–water partition coefficient (Wildman–Crippen LogP) is 2.61. The molecule has 3 aromatic rings. The first kappa shape index (κ1) is 18.1. The molecule has 5 heteroatoms. The van der Waals surface area contributed by atoms with Gasteiger partial charge >= 0.3 is 0 Å². The minimum absolute atomic E-state index is 0.601. The molecule has 3 rings (SSSR count). The number of methoxy groups -OCH3 is 1. The summed E-state index contributed by atoms with van der Waals surface area (Å²) in [7, 11) is 1.66. The molecule has 0 bridgehead atoms. The highest BCUT2D eigenvalue weighted by molar-refractivity contribution is 5.96. The molecule has 1 heterocycles. The lowest BCUT2D eigenvalue weighted by Gasteiger charge is -2.16. The Hall–Kier alpha value is -2.66. The summed E-state index contributed by atoms with van der Waals surface area (Å²) in [4.78, 5) is 1.51. The highest BCUT2D eigenvalue weighted by Gasteiger charge is 2.12. The first-order valence-electron chi connectivity index (χ1n) is 9.13. The molecule has 0 radical (unpaired) electrons. The van der Waals surface area contributed by atoms with Crippen LogP contribution in [0.4, 0.5) is 0 Å². The maximum absolute atomic E-state index is 5.97. The zero-order valence-electron chi connectivity index (χ0n) is 15.7. The fourth-order valence-electron chi connectivity index (χ4n) is 3.04. The Morgan fingerprint density at radius 1 is 0.885 bits per heavy atom. The number of ether oxygens (including phenoxy) is 2. The molecule has 0 spiro atoms. The number of fused-ring (bicyclic) bond motifs is 1. The maximum Gasteiger partial charge on any atom is 0.241 e. The second-order valence-electron chi connectivity index (χ2n) is 6.18. The van der Waals surface area contributed by atoms with E-state index in [0.29, 0.717) is 12.5 Å². The van der Waals surface area contributed by atoms with Gasteiger partial charge in [-0.1, -0.05) is 18.2 Å². The van der Waals surface area contributed by atoms with Crippen LogP contribution in [-0.2, 0) is 0 Å². The van der Waals surface area contributed by atoms with Crippen LogP contribution >= 0.6 is 0 Å². The van der Waals surface area contributed by atoms with Gasteiger partial charge in [0.05, 0.1) is 20.2 Å². The Labute approximate surface area is 154 Å². The van der Waals surface area contributed by atoms with Crippen molar-refractivity contribution in [2.75, 3.05) is 33.4 Å². The number of hydrogen-bond acceptors (Lipinski definition) is 4. The second-order valence-corrected chi connectivity index (χ2v) is 6.18. The van der Waals surface area contributed by atoms with Crippen LogP contribution in [0.3, 0.4) is 0 Å². The summed E-state index contributed by atoms with van der Waals surface area (Å²) in [5.74, 6) is 1.43. The number of quaternary nitrogens is 1. The predicted molar refractivity (Wildman–Crippen MR) is 104 cm³/mol. The standard InChI is InChI=1S/C21H25N3O2/c1-4-24(5-2)14-15-26-21-19-9-7-6-8-18(19)20(22-23-21)16-10-12-17(25-3)13-11-16/h6-13H,4-5,14-15H2,1-3H3/p+1. The van der Waals surface area contributed by atoms with Gasteiger partial charge in [0.15, 0.2) is 0 Å². The van der Waals surface area contributed by atoms with Crippen molar-refractivity contribution in [3.63, 3.8) is 0 Å². The van der Waals surface area contributed by atoms with Gasteiger partial charge in [0, 0.05) is 16.3 Å². The summed E-state index contributed by atoms with van der Waals surface area (Å²) in [6, 6.07) is 16.0. The fraction of sp³-hybridized carbons (Fsp3) is 0.333. The largest absolute Gasteiger partial charge is 0.497 e.